The summed E-state index contributed by atoms with van der Waals surface area (Å²) in [4.78, 5) is 0. The summed E-state index contributed by atoms with van der Waals surface area (Å²) in [6.07, 6.45) is 0. The average molecular weight is 243 g/mol. The third-order valence-electron chi connectivity index (χ3n) is 1.82. The Kier molecular flexibility index (Phi) is 3.32. The van der Waals surface area contributed by atoms with Gasteiger partial charge in [0.2, 0.25) is 0 Å². The zero-order valence-electron chi connectivity index (χ0n) is 7.47. The maximum absolute atomic E-state index is 13.3. The Morgan fingerprint density at radius 3 is 1.50 bits per heavy atom. The lowest BCUT2D eigenvalue weighted by molar-refractivity contribution is 0.515. The van der Waals surface area contributed by atoms with Gasteiger partial charge in [0.05, 0.1) is 0 Å². The first-order chi connectivity index (χ1) is 6.37. The molecule has 0 atom stereocenters. The van der Waals surface area contributed by atoms with Gasteiger partial charge < -0.3 is 0 Å². The van der Waals surface area contributed by atoms with Gasteiger partial charge in [-0.2, -0.15) is 0 Å². The molecule has 0 spiro atoms. The van der Waals surface area contributed by atoms with Crippen LogP contribution >= 0.6 is 23.2 Å². The van der Waals surface area contributed by atoms with Crippen LogP contribution in [0.3, 0.4) is 0 Å². The van der Waals surface area contributed by atoms with Crippen molar-refractivity contribution in [2.24, 2.45) is 0 Å². The molecular formula is C9H7Cl2F3. The van der Waals surface area contributed by atoms with Crippen molar-refractivity contribution in [1.82, 2.24) is 0 Å². The largest absolute Gasteiger partial charge is 0.205 e. The fraction of sp³-hybridized carbons (Fsp3) is 0.333. The van der Waals surface area contributed by atoms with Gasteiger partial charge >= 0.3 is 0 Å². The highest BCUT2D eigenvalue weighted by atomic mass is 35.5. The number of halogens is 5. The van der Waals surface area contributed by atoms with Crippen molar-refractivity contribution < 1.29 is 13.2 Å². The second-order valence-electron chi connectivity index (χ2n) is 3.14. The van der Waals surface area contributed by atoms with Crippen LogP contribution < -0.4 is 0 Å². The third-order valence-corrected chi connectivity index (χ3v) is 2.48. The molecule has 1 rings (SSSR count). The molecule has 0 saturated heterocycles. The van der Waals surface area contributed by atoms with E-state index in [1.807, 2.05) is 0 Å². The van der Waals surface area contributed by atoms with Crippen molar-refractivity contribution in [2.45, 2.75) is 19.8 Å². The Morgan fingerprint density at radius 2 is 1.21 bits per heavy atom. The Hall–Kier alpha value is -0.410. The van der Waals surface area contributed by atoms with Gasteiger partial charge in [0.1, 0.15) is 10.0 Å². The minimum atomic E-state index is -1.26. The fourth-order valence-corrected chi connectivity index (χ4v) is 1.57. The highest BCUT2D eigenvalue weighted by Crippen LogP contribution is 2.35. The van der Waals surface area contributed by atoms with E-state index in [9.17, 15) is 13.2 Å². The summed E-state index contributed by atoms with van der Waals surface area (Å²) in [5.74, 6) is -3.87. The van der Waals surface area contributed by atoms with E-state index in [4.69, 9.17) is 23.2 Å². The standard InChI is InChI=1S/C9H7Cl2F3/c1-3(2)4-7(12)5(10)9(14)6(11)8(4)13/h3H,1-2H3. The normalized spacial score (nSPS) is 11.1. The first-order valence-electron chi connectivity index (χ1n) is 3.89. The number of hydrogen-bond donors (Lipinski definition) is 0. The van der Waals surface area contributed by atoms with E-state index in [-0.39, 0.29) is 5.56 Å². The summed E-state index contributed by atoms with van der Waals surface area (Å²) in [7, 11) is 0. The van der Waals surface area contributed by atoms with Crippen LogP contribution in [-0.4, -0.2) is 0 Å². The van der Waals surface area contributed by atoms with E-state index in [1.54, 1.807) is 13.8 Å². The molecule has 0 bridgehead atoms. The molecule has 0 aliphatic rings. The molecule has 0 heterocycles. The minimum absolute atomic E-state index is 0.290. The lowest BCUT2D eigenvalue weighted by atomic mass is 10.0. The van der Waals surface area contributed by atoms with Crippen LogP contribution in [0.4, 0.5) is 13.2 Å². The van der Waals surface area contributed by atoms with Gasteiger partial charge in [0, 0.05) is 5.56 Å². The first-order valence-corrected chi connectivity index (χ1v) is 4.64. The van der Waals surface area contributed by atoms with Crippen LogP contribution in [0.25, 0.3) is 0 Å². The smallest absolute Gasteiger partial charge is 0.166 e. The van der Waals surface area contributed by atoms with Gasteiger partial charge in [-0.25, -0.2) is 13.2 Å². The Morgan fingerprint density at radius 1 is 0.857 bits per heavy atom. The van der Waals surface area contributed by atoms with Crippen molar-refractivity contribution in [2.75, 3.05) is 0 Å². The molecule has 0 amide bonds. The number of hydrogen-bond acceptors (Lipinski definition) is 0. The Bertz CT molecular complexity index is 346. The highest BCUT2D eigenvalue weighted by Gasteiger charge is 2.24. The predicted molar refractivity (Wildman–Crippen MR) is 50.4 cm³/mol. The summed E-state index contributed by atoms with van der Waals surface area (Å²) >= 11 is 10.6. The molecule has 0 radical (unpaired) electrons. The molecule has 0 aliphatic carbocycles. The summed E-state index contributed by atoms with van der Waals surface area (Å²) < 4.78 is 39.5. The molecule has 1 aromatic rings. The zero-order valence-corrected chi connectivity index (χ0v) is 8.98. The second-order valence-corrected chi connectivity index (χ2v) is 3.89. The summed E-state index contributed by atoms with van der Waals surface area (Å²) in [6, 6.07) is 0. The average Bonchev–Trinajstić information content (AvgIpc) is 2.11. The number of benzene rings is 1. The third kappa shape index (κ3) is 1.71. The molecule has 0 fully saturated rings. The molecule has 5 heteroatoms. The monoisotopic (exact) mass is 242 g/mol. The SMILES string of the molecule is CC(C)c1c(F)c(Cl)c(F)c(Cl)c1F. The lowest BCUT2D eigenvalue weighted by Gasteiger charge is -2.11. The lowest BCUT2D eigenvalue weighted by Crippen LogP contribution is -2.02. The predicted octanol–water partition coefficient (Wildman–Crippen LogP) is 4.53. The van der Waals surface area contributed by atoms with Crippen LogP contribution in [0.5, 0.6) is 0 Å². The zero-order chi connectivity index (χ0) is 11.0. The molecule has 0 aromatic heterocycles. The molecule has 0 aliphatic heterocycles. The van der Waals surface area contributed by atoms with Crippen molar-refractivity contribution >= 4 is 23.2 Å². The summed E-state index contributed by atoms with van der Waals surface area (Å²) in [5, 5.41) is -1.53. The van der Waals surface area contributed by atoms with Gasteiger partial charge in [0.15, 0.2) is 17.5 Å². The van der Waals surface area contributed by atoms with Crippen LogP contribution in [-0.2, 0) is 0 Å². The fourth-order valence-electron chi connectivity index (χ4n) is 1.13. The van der Waals surface area contributed by atoms with E-state index >= 15 is 0 Å². The second kappa shape index (κ2) is 3.99. The quantitative estimate of drug-likeness (QED) is 0.502. The topological polar surface area (TPSA) is 0 Å². The van der Waals surface area contributed by atoms with E-state index in [0.717, 1.165) is 0 Å². The van der Waals surface area contributed by atoms with Crippen molar-refractivity contribution in [3.05, 3.63) is 33.1 Å². The van der Waals surface area contributed by atoms with E-state index in [1.165, 1.54) is 0 Å². The van der Waals surface area contributed by atoms with Crippen LogP contribution in [0.15, 0.2) is 0 Å². The molecule has 1 aromatic carbocycles. The maximum atomic E-state index is 13.3. The molecule has 0 unspecified atom stereocenters. The molecule has 78 valence electrons. The maximum Gasteiger partial charge on any atom is 0.166 e. The Balaban J connectivity index is 3.60. The van der Waals surface area contributed by atoms with E-state index < -0.39 is 33.4 Å². The van der Waals surface area contributed by atoms with Gasteiger partial charge in [0.25, 0.3) is 0 Å². The van der Waals surface area contributed by atoms with Gasteiger partial charge in [-0.1, -0.05) is 37.0 Å². The number of rotatable bonds is 1. The highest BCUT2D eigenvalue weighted by molar-refractivity contribution is 6.35. The van der Waals surface area contributed by atoms with Crippen LogP contribution in [0, 0.1) is 17.5 Å². The molecule has 0 nitrogen and oxygen atoms in total. The Labute approximate surface area is 89.6 Å². The summed E-state index contributed by atoms with van der Waals surface area (Å²) in [5.41, 5.74) is -0.290. The molecule has 0 N–H and O–H groups in total. The van der Waals surface area contributed by atoms with Crippen LogP contribution in [0.2, 0.25) is 10.0 Å². The van der Waals surface area contributed by atoms with Crippen LogP contribution in [0.1, 0.15) is 25.3 Å². The van der Waals surface area contributed by atoms with Crippen molar-refractivity contribution in [3.8, 4) is 0 Å². The molecular weight excluding hydrogens is 236 g/mol. The van der Waals surface area contributed by atoms with Gasteiger partial charge in [-0.15, -0.1) is 0 Å². The van der Waals surface area contributed by atoms with Crippen molar-refractivity contribution in [3.63, 3.8) is 0 Å². The van der Waals surface area contributed by atoms with Gasteiger partial charge in [-0.05, 0) is 5.92 Å². The minimum Gasteiger partial charge on any atom is -0.205 e. The van der Waals surface area contributed by atoms with E-state index in [0.29, 0.717) is 0 Å². The first kappa shape index (κ1) is 11.7. The summed E-state index contributed by atoms with van der Waals surface area (Å²) in [6.45, 7) is 3.12. The molecule has 14 heavy (non-hydrogen) atoms. The van der Waals surface area contributed by atoms with Gasteiger partial charge in [-0.3, -0.25) is 0 Å². The molecule has 0 saturated carbocycles. The van der Waals surface area contributed by atoms with E-state index in [2.05, 4.69) is 0 Å². The van der Waals surface area contributed by atoms with Crippen molar-refractivity contribution in [1.29, 1.82) is 0 Å².